The average Bonchev–Trinajstić information content (AvgIpc) is 2.99. The van der Waals surface area contributed by atoms with Crippen LogP contribution < -0.4 is 15.2 Å². The second-order valence-electron chi connectivity index (χ2n) is 6.94. The molecule has 6 nitrogen and oxygen atoms in total. The van der Waals surface area contributed by atoms with Gasteiger partial charge in [-0.15, -0.1) is 0 Å². The molecule has 0 bridgehead atoms. The summed E-state index contributed by atoms with van der Waals surface area (Å²) in [6.07, 6.45) is 4.97. The van der Waals surface area contributed by atoms with Crippen LogP contribution in [0.2, 0.25) is 0 Å². The van der Waals surface area contributed by atoms with Crippen molar-refractivity contribution in [2.24, 2.45) is 10.7 Å². The maximum absolute atomic E-state index is 6.20. The van der Waals surface area contributed by atoms with E-state index < -0.39 is 0 Å². The Labute approximate surface area is 164 Å². The first kappa shape index (κ1) is 21.4. The standard InChI is InChI=1S/C21H36N4O2/c1-4-24(5-2)14-15-27-19-11-10-18(16-20(19)26-3)17-23-21(22)25-12-8-6-7-9-13-25/h10-11,16H,4-9,12-15,17H2,1-3H3,(H2,22,23). The van der Waals surface area contributed by atoms with Crippen molar-refractivity contribution in [2.45, 2.75) is 46.1 Å². The zero-order chi connectivity index (χ0) is 19.5. The van der Waals surface area contributed by atoms with Crippen LogP contribution in [0.3, 0.4) is 0 Å². The van der Waals surface area contributed by atoms with Crippen molar-refractivity contribution in [3.63, 3.8) is 0 Å². The highest BCUT2D eigenvalue weighted by Gasteiger charge is 2.11. The minimum atomic E-state index is 0.554. The van der Waals surface area contributed by atoms with Crippen LogP contribution in [0.1, 0.15) is 45.1 Å². The molecule has 0 aliphatic carbocycles. The Bertz CT molecular complexity index is 580. The molecule has 0 spiro atoms. The van der Waals surface area contributed by atoms with Crippen LogP contribution in [0, 0.1) is 0 Å². The fourth-order valence-corrected chi connectivity index (χ4v) is 3.33. The number of guanidine groups is 1. The van der Waals surface area contributed by atoms with Gasteiger partial charge in [-0.2, -0.15) is 0 Å². The fraction of sp³-hybridized carbons (Fsp3) is 0.667. The molecule has 1 heterocycles. The van der Waals surface area contributed by atoms with E-state index >= 15 is 0 Å². The number of ether oxygens (including phenoxy) is 2. The Hall–Kier alpha value is -1.95. The van der Waals surface area contributed by atoms with Gasteiger partial charge in [0.25, 0.3) is 0 Å². The quantitative estimate of drug-likeness (QED) is 0.530. The number of rotatable bonds is 9. The lowest BCUT2D eigenvalue weighted by molar-refractivity contribution is 0.217. The average molecular weight is 377 g/mol. The highest BCUT2D eigenvalue weighted by molar-refractivity contribution is 5.78. The lowest BCUT2D eigenvalue weighted by Crippen LogP contribution is -2.38. The van der Waals surface area contributed by atoms with Gasteiger partial charge >= 0.3 is 0 Å². The molecule has 1 aliphatic rings. The summed E-state index contributed by atoms with van der Waals surface area (Å²) in [6, 6.07) is 5.99. The van der Waals surface area contributed by atoms with E-state index in [1.807, 2.05) is 18.2 Å². The monoisotopic (exact) mass is 376 g/mol. The van der Waals surface area contributed by atoms with E-state index in [0.29, 0.717) is 19.1 Å². The van der Waals surface area contributed by atoms with Crippen LogP contribution in [0.4, 0.5) is 0 Å². The van der Waals surface area contributed by atoms with E-state index in [2.05, 4.69) is 28.6 Å². The molecule has 1 fully saturated rings. The van der Waals surface area contributed by atoms with Gasteiger partial charge in [0.05, 0.1) is 13.7 Å². The molecular formula is C21H36N4O2. The van der Waals surface area contributed by atoms with E-state index in [-0.39, 0.29) is 0 Å². The van der Waals surface area contributed by atoms with Crippen molar-refractivity contribution in [1.29, 1.82) is 0 Å². The number of aliphatic imine (C=N–C) groups is 1. The number of benzene rings is 1. The highest BCUT2D eigenvalue weighted by Crippen LogP contribution is 2.28. The van der Waals surface area contributed by atoms with Crippen LogP contribution in [0.25, 0.3) is 0 Å². The van der Waals surface area contributed by atoms with Gasteiger partial charge in [-0.1, -0.05) is 32.8 Å². The second-order valence-corrected chi connectivity index (χ2v) is 6.94. The molecule has 2 rings (SSSR count). The van der Waals surface area contributed by atoms with Crippen LogP contribution >= 0.6 is 0 Å². The summed E-state index contributed by atoms with van der Waals surface area (Å²) in [4.78, 5) is 9.13. The molecule has 152 valence electrons. The predicted molar refractivity (Wildman–Crippen MR) is 112 cm³/mol. The largest absolute Gasteiger partial charge is 0.493 e. The summed E-state index contributed by atoms with van der Waals surface area (Å²) in [5.74, 6) is 2.17. The van der Waals surface area contributed by atoms with E-state index in [1.54, 1.807) is 7.11 Å². The van der Waals surface area contributed by atoms with Crippen molar-refractivity contribution in [1.82, 2.24) is 9.80 Å². The normalized spacial score (nSPS) is 15.7. The number of methoxy groups -OCH3 is 1. The molecule has 6 heteroatoms. The lowest BCUT2D eigenvalue weighted by atomic mass is 10.2. The first-order chi connectivity index (χ1) is 13.2. The lowest BCUT2D eigenvalue weighted by Gasteiger charge is -2.21. The Morgan fingerprint density at radius 3 is 2.44 bits per heavy atom. The third-order valence-electron chi connectivity index (χ3n) is 5.14. The van der Waals surface area contributed by atoms with Crippen molar-refractivity contribution >= 4 is 5.96 Å². The van der Waals surface area contributed by atoms with Crippen LogP contribution in [0.5, 0.6) is 11.5 Å². The third kappa shape index (κ3) is 6.94. The van der Waals surface area contributed by atoms with Gasteiger partial charge in [-0.05, 0) is 43.6 Å². The summed E-state index contributed by atoms with van der Waals surface area (Å²) in [7, 11) is 1.67. The van der Waals surface area contributed by atoms with Crippen LogP contribution in [-0.2, 0) is 6.54 Å². The smallest absolute Gasteiger partial charge is 0.191 e. The molecule has 0 radical (unpaired) electrons. The van der Waals surface area contributed by atoms with Crippen molar-refractivity contribution in [3.8, 4) is 11.5 Å². The second kappa shape index (κ2) is 11.7. The topological polar surface area (TPSA) is 63.3 Å². The number of likely N-dealkylation sites (tertiary alicyclic amines) is 1. The zero-order valence-corrected chi connectivity index (χ0v) is 17.2. The zero-order valence-electron chi connectivity index (χ0n) is 17.2. The molecule has 1 aromatic rings. The van der Waals surface area contributed by atoms with Crippen LogP contribution in [-0.4, -0.2) is 62.2 Å². The molecule has 1 aromatic carbocycles. The third-order valence-corrected chi connectivity index (χ3v) is 5.14. The Morgan fingerprint density at radius 1 is 1.11 bits per heavy atom. The number of nitrogens with two attached hydrogens (primary N) is 1. The number of hydrogen-bond acceptors (Lipinski definition) is 4. The first-order valence-corrected chi connectivity index (χ1v) is 10.2. The first-order valence-electron chi connectivity index (χ1n) is 10.2. The highest BCUT2D eigenvalue weighted by atomic mass is 16.5. The SMILES string of the molecule is CCN(CC)CCOc1ccc(CN=C(N)N2CCCCCC2)cc1OC. The Balaban J connectivity index is 1.93. The molecule has 1 saturated heterocycles. The molecule has 0 saturated carbocycles. The molecule has 0 unspecified atom stereocenters. The fourth-order valence-electron chi connectivity index (χ4n) is 3.33. The minimum absolute atomic E-state index is 0.554. The number of hydrogen-bond donors (Lipinski definition) is 1. The van der Waals surface area contributed by atoms with E-state index in [4.69, 9.17) is 15.2 Å². The van der Waals surface area contributed by atoms with Crippen molar-refractivity contribution < 1.29 is 9.47 Å². The minimum Gasteiger partial charge on any atom is -0.493 e. The van der Waals surface area contributed by atoms with E-state index in [1.165, 1.54) is 25.7 Å². The van der Waals surface area contributed by atoms with Gasteiger partial charge in [-0.25, -0.2) is 4.99 Å². The van der Waals surface area contributed by atoms with Gasteiger partial charge in [0.2, 0.25) is 0 Å². The van der Waals surface area contributed by atoms with Gasteiger partial charge in [-0.3, -0.25) is 0 Å². The predicted octanol–water partition coefficient (Wildman–Crippen LogP) is 3.11. The number of nitrogens with zero attached hydrogens (tertiary/aromatic N) is 3. The van der Waals surface area contributed by atoms with Crippen molar-refractivity contribution in [3.05, 3.63) is 23.8 Å². The maximum atomic E-state index is 6.20. The number of likely N-dealkylation sites (N-methyl/N-ethyl adjacent to an activating group) is 1. The van der Waals surface area contributed by atoms with Gasteiger partial charge in [0, 0.05) is 19.6 Å². The molecule has 0 atom stereocenters. The Morgan fingerprint density at radius 2 is 1.81 bits per heavy atom. The van der Waals surface area contributed by atoms with Gasteiger partial charge in [0.1, 0.15) is 6.61 Å². The Kier molecular flexibility index (Phi) is 9.25. The molecule has 0 aromatic heterocycles. The molecule has 27 heavy (non-hydrogen) atoms. The maximum Gasteiger partial charge on any atom is 0.191 e. The van der Waals surface area contributed by atoms with E-state index in [9.17, 15) is 0 Å². The summed E-state index contributed by atoms with van der Waals surface area (Å²) < 4.78 is 11.4. The summed E-state index contributed by atoms with van der Waals surface area (Å²) in [5, 5.41) is 0. The molecule has 2 N–H and O–H groups in total. The molecular weight excluding hydrogens is 340 g/mol. The van der Waals surface area contributed by atoms with Crippen molar-refractivity contribution in [2.75, 3.05) is 46.4 Å². The summed E-state index contributed by atoms with van der Waals surface area (Å²) in [6.45, 7) is 10.5. The summed E-state index contributed by atoms with van der Waals surface area (Å²) in [5.41, 5.74) is 7.27. The van der Waals surface area contributed by atoms with Gasteiger partial charge in [0.15, 0.2) is 17.5 Å². The molecule has 1 aliphatic heterocycles. The van der Waals surface area contributed by atoms with E-state index in [0.717, 1.165) is 49.8 Å². The molecule has 0 amide bonds. The summed E-state index contributed by atoms with van der Waals surface area (Å²) >= 11 is 0. The van der Waals surface area contributed by atoms with Crippen LogP contribution in [0.15, 0.2) is 23.2 Å². The van der Waals surface area contributed by atoms with Gasteiger partial charge < -0.3 is 25.0 Å².